The Morgan fingerprint density at radius 1 is 1.77 bits per heavy atom. The van der Waals surface area contributed by atoms with Gasteiger partial charge in [-0.3, -0.25) is 4.79 Å². The van der Waals surface area contributed by atoms with Crippen molar-refractivity contribution in [1.29, 1.82) is 0 Å². The number of aliphatic carboxylic acids is 1. The molecule has 13 heavy (non-hydrogen) atoms. The van der Waals surface area contributed by atoms with E-state index in [9.17, 15) is 4.79 Å². The highest BCUT2D eigenvalue weighted by Gasteiger charge is 2.43. The number of methoxy groups -OCH3 is 1. The Bertz CT molecular complexity index is 187. The van der Waals surface area contributed by atoms with Crippen molar-refractivity contribution in [2.45, 2.75) is 37.0 Å². The molecule has 0 aromatic rings. The van der Waals surface area contributed by atoms with Crippen LogP contribution in [0, 0.1) is 0 Å². The zero-order valence-electron chi connectivity index (χ0n) is 8.08. The van der Waals surface area contributed by atoms with E-state index in [0.717, 1.165) is 18.6 Å². The van der Waals surface area contributed by atoms with E-state index >= 15 is 0 Å². The van der Waals surface area contributed by atoms with Gasteiger partial charge in [0, 0.05) is 7.11 Å². The van der Waals surface area contributed by atoms with Gasteiger partial charge in [-0.2, -0.15) is 0 Å². The fourth-order valence-electron chi connectivity index (χ4n) is 1.66. The molecule has 1 rings (SSSR count). The van der Waals surface area contributed by atoms with Gasteiger partial charge < -0.3 is 9.84 Å². The highest BCUT2D eigenvalue weighted by atomic mass is 32.2. The highest BCUT2D eigenvalue weighted by Crippen LogP contribution is 2.42. The third-order valence-electron chi connectivity index (χ3n) is 2.51. The van der Waals surface area contributed by atoms with E-state index in [4.69, 9.17) is 9.84 Å². The zero-order chi connectivity index (χ0) is 9.90. The van der Waals surface area contributed by atoms with Crippen molar-refractivity contribution in [2.24, 2.45) is 0 Å². The predicted molar refractivity (Wildman–Crippen MR) is 53.1 cm³/mol. The van der Waals surface area contributed by atoms with Crippen molar-refractivity contribution in [3.05, 3.63) is 0 Å². The van der Waals surface area contributed by atoms with E-state index in [0.29, 0.717) is 6.42 Å². The minimum absolute atomic E-state index is 0.0294. The third kappa shape index (κ3) is 2.38. The summed E-state index contributed by atoms with van der Waals surface area (Å²) in [6, 6.07) is 0. The van der Waals surface area contributed by atoms with Gasteiger partial charge in [0.15, 0.2) is 0 Å². The van der Waals surface area contributed by atoms with Gasteiger partial charge in [0.2, 0.25) is 0 Å². The number of thioether (sulfide) groups is 1. The monoisotopic (exact) mass is 204 g/mol. The highest BCUT2D eigenvalue weighted by molar-refractivity contribution is 8.01. The van der Waals surface area contributed by atoms with Crippen molar-refractivity contribution in [3.63, 3.8) is 0 Å². The molecule has 1 saturated heterocycles. The molecule has 1 N–H and O–H groups in total. The van der Waals surface area contributed by atoms with Crippen LogP contribution in [0.25, 0.3) is 0 Å². The van der Waals surface area contributed by atoms with Crippen LogP contribution in [0.15, 0.2) is 0 Å². The van der Waals surface area contributed by atoms with Crippen molar-refractivity contribution < 1.29 is 14.6 Å². The second-order valence-corrected chi connectivity index (χ2v) is 4.98. The number of carbonyl (C=O) groups is 1. The van der Waals surface area contributed by atoms with E-state index in [1.165, 1.54) is 0 Å². The van der Waals surface area contributed by atoms with E-state index in [2.05, 4.69) is 0 Å². The Balaban J connectivity index is 2.62. The van der Waals surface area contributed by atoms with Gasteiger partial charge in [0.1, 0.15) is 4.75 Å². The Morgan fingerprint density at radius 2 is 2.46 bits per heavy atom. The van der Waals surface area contributed by atoms with Crippen LogP contribution in [0.1, 0.15) is 26.2 Å². The normalized spacial score (nSPS) is 30.3. The van der Waals surface area contributed by atoms with Crippen LogP contribution in [0.5, 0.6) is 0 Å². The average molecular weight is 204 g/mol. The Kier molecular flexibility index (Phi) is 3.62. The molecule has 2 unspecified atom stereocenters. The molecular weight excluding hydrogens is 188 g/mol. The van der Waals surface area contributed by atoms with Gasteiger partial charge in [-0.1, -0.05) is 0 Å². The molecule has 0 radical (unpaired) electrons. The summed E-state index contributed by atoms with van der Waals surface area (Å²) in [6.07, 6.45) is 2.43. The van der Waals surface area contributed by atoms with E-state index in [1.54, 1.807) is 18.9 Å². The molecule has 3 nitrogen and oxygen atoms in total. The molecule has 0 aromatic carbocycles. The second kappa shape index (κ2) is 4.33. The van der Waals surface area contributed by atoms with Crippen LogP contribution in [-0.2, 0) is 9.53 Å². The van der Waals surface area contributed by atoms with Gasteiger partial charge in [-0.15, -0.1) is 11.8 Å². The molecule has 0 amide bonds. The number of carboxylic acid groups (broad SMARTS) is 1. The molecule has 0 aliphatic carbocycles. The summed E-state index contributed by atoms with van der Waals surface area (Å²) < 4.78 is 4.54. The van der Waals surface area contributed by atoms with Gasteiger partial charge in [0.05, 0.1) is 6.10 Å². The first-order chi connectivity index (χ1) is 6.10. The van der Waals surface area contributed by atoms with Crippen LogP contribution >= 0.6 is 11.8 Å². The minimum atomic E-state index is -0.682. The van der Waals surface area contributed by atoms with Crippen LogP contribution in [-0.4, -0.2) is 34.8 Å². The molecule has 76 valence electrons. The average Bonchev–Trinajstić information content (AvgIpc) is 2.54. The number of carboxylic acids is 1. The molecule has 0 spiro atoms. The smallest absolute Gasteiger partial charge is 0.319 e. The van der Waals surface area contributed by atoms with Gasteiger partial charge in [0.25, 0.3) is 0 Å². The van der Waals surface area contributed by atoms with Gasteiger partial charge in [-0.25, -0.2) is 0 Å². The van der Waals surface area contributed by atoms with Crippen LogP contribution < -0.4 is 0 Å². The SMILES string of the molecule is COC(C)CC1(C(=O)O)CCCS1. The van der Waals surface area contributed by atoms with Crippen LogP contribution in [0.2, 0.25) is 0 Å². The van der Waals surface area contributed by atoms with Crippen molar-refractivity contribution in [2.75, 3.05) is 12.9 Å². The Morgan fingerprint density at radius 3 is 2.85 bits per heavy atom. The molecule has 2 atom stereocenters. The molecule has 0 aromatic heterocycles. The maximum atomic E-state index is 11.1. The van der Waals surface area contributed by atoms with Crippen molar-refractivity contribution >= 4 is 17.7 Å². The Hall–Kier alpha value is -0.220. The summed E-state index contributed by atoms with van der Waals surface area (Å²) in [5.41, 5.74) is 0. The lowest BCUT2D eigenvalue weighted by atomic mass is 9.96. The standard InChI is InChI=1S/C9H16O3S/c1-7(12-2)6-9(8(10)11)4-3-5-13-9/h7H,3-6H2,1-2H3,(H,10,11). The summed E-state index contributed by atoms with van der Waals surface area (Å²) in [7, 11) is 1.62. The summed E-state index contributed by atoms with van der Waals surface area (Å²) in [4.78, 5) is 11.1. The predicted octanol–water partition coefficient (Wildman–Crippen LogP) is 1.76. The first-order valence-electron chi connectivity index (χ1n) is 4.51. The Labute approximate surface area is 82.8 Å². The fourth-order valence-corrected chi connectivity index (χ4v) is 3.11. The van der Waals surface area contributed by atoms with Gasteiger partial charge >= 0.3 is 5.97 Å². The zero-order valence-corrected chi connectivity index (χ0v) is 8.89. The third-order valence-corrected chi connectivity index (χ3v) is 4.10. The lowest BCUT2D eigenvalue weighted by Gasteiger charge is -2.25. The first kappa shape index (κ1) is 10.9. The molecular formula is C9H16O3S. The number of rotatable bonds is 4. The minimum Gasteiger partial charge on any atom is -0.480 e. The molecule has 0 saturated carbocycles. The van der Waals surface area contributed by atoms with Crippen molar-refractivity contribution in [3.8, 4) is 0 Å². The molecule has 1 aliphatic rings. The van der Waals surface area contributed by atoms with Crippen molar-refractivity contribution in [1.82, 2.24) is 0 Å². The topological polar surface area (TPSA) is 46.5 Å². The van der Waals surface area contributed by atoms with E-state index in [1.807, 2.05) is 6.92 Å². The summed E-state index contributed by atoms with van der Waals surface area (Å²) in [5, 5.41) is 9.13. The molecule has 1 fully saturated rings. The summed E-state index contributed by atoms with van der Waals surface area (Å²) in [6.45, 7) is 1.92. The first-order valence-corrected chi connectivity index (χ1v) is 5.49. The molecule has 1 heterocycles. The fraction of sp³-hybridized carbons (Fsp3) is 0.889. The van der Waals surface area contributed by atoms with E-state index < -0.39 is 10.7 Å². The molecule has 4 heteroatoms. The molecule has 1 aliphatic heterocycles. The maximum Gasteiger partial charge on any atom is 0.319 e. The number of hydrogen-bond acceptors (Lipinski definition) is 3. The largest absolute Gasteiger partial charge is 0.480 e. The number of ether oxygens (including phenoxy) is 1. The van der Waals surface area contributed by atoms with Gasteiger partial charge in [-0.05, 0) is 31.9 Å². The van der Waals surface area contributed by atoms with Crippen LogP contribution in [0.4, 0.5) is 0 Å². The summed E-state index contributed by atoms with van der Waals surface area (Å²) in [5.74, 6) is 0.279. The quantitative estimate of drug-likeness (QED) is 0.758. The number of hydrogen-bond donors (Lipinski definition) is 1. The van der Waals surface area contributed by atoms with E-state index in [-0.39, 0.29) is 6.10 Å². The lowest BCUT2D eigenvalue weighted by molar-refractivity contribution is -0.140. The van der Waals surface area contributed by atoms with Crippen LogP contribution in [0.3, 0.4) is 0 Å². The molecule has 0 bridgehead atoms. The maximum absolute atomic E-state index is 11.1. The second-order valence-electron chi connectivity index (χ2n) is 3.50. The summed E-state index contributed by atoms with van der Waals surface area (Å²) >= 11 is 1.56. The lowest BCUT2D eigenvalue weighted by Crippen LogP contribution is -2.36.